The summed E-state index contributed by atoms with van der Waals surface area (Å²) in [5.74, 6) is 0. The fraction of sp³-hybridized carbons (Fsp3) is 1.00. The van der Waals surface area contributed by atoms with Gasteiger partial charge in [-0.25, -0.2) is 13.8 Å². The van der Waals surface area contributed by atoms with E-state index in [1.54, 1.807) is 0 Å². The van der Waals surface area contributed by atoms with Gasteiger partial charge < -0.3 is 9.31 Å². The van der Waals surface area contributed by atoms with Gasteiger partial charge in [-0.15, -0.1) is 0 Å². The van der Waals surface area contributed by atoms with Gasteiger partial charge in [0.2, 0.25) is 0 Å². The Labute approximate surface area is 58.1 Å². The zero-order valence-electron chi connectivity index (χ0n) is 5.39. The van der Waals surface area contributed by atoms with Crippen molar-refractivity contribution in [2.24, 2.45) is 0 Å². The minimum Gasteiger partial charge on any atom is -0.382 e. The Morgan fingerprint density at radius 2 is 1.50 bits per heavy atom. The molecule has 0 saturated heterocycles. The first-order valence-corrected chi connectivity index (χ1v) is 2.82. The quantitative estimate of drug-likeness (QED) is 0.517. The molecule has 0 fully saturated rings. The Hall–Kier alpha value is -0.195. The van der Waals surface area contributed by atoms with Crippen LogP contribution in [0, 0.1) is 0 Å². The average molecular weight is 153 g/mol. The molecule has 0 amide bonds. The van der Waals surface area contributed by atoms with Gasteiger partial charge in [-0.1, -0.05) is 0 Å². The van der Waals surface area contributed by atoms with Crippen molar-refractivity contribution in [3.8, 4) is 0 Å². The molecule has 0 rings (SSSR count). The summed E-state index contributed by atoms with van der Waals surface area (Å²) in [6, 6.07) is 0. The molecule has 59 valence electrons. The largest absolute Gasteiger partial charge is 0.667 e. The van der Waals surface area contributed by atoms with Crippen molar-refractivity contribution in [1.29, 1.82) is 0 Å². The van der Waals surface area contributed by atoms with E-state index in [1.165, 1.54) is 0 Å². The molecule has 3 nitrogen and oxygen atoms in total. The summed E-state index contributed by atoms with van der Waals surface area (Å²) >= 11 is 0. The Morgan fingerprint density at radius 1 is 1.10 bits per heavy atom. The average Bonchev–Trinajstić information content (AvgIpc) is 1.97. The molecule has 10 heavy (non-hydrogen) atoms. The van der Waals surface area contributed by atoms with Gasteiger partial charge >= 0.3 is 7.32 Å². The van der Waals surface area contributed by atoms with Gasteiger partial charge in [-0.3, -0.25) is 0 Å². The van der Waals surface area contributed by atoms with E-state index in [0.717, 1.165) is 0 Å². The van der Waals surface area contributed by atoms with Crippen LogP contribution in [0.1, 0.15) is 0 Å². The molecule has 6 heteroatoms. The van der Waals surface area contributed by atoms with Crippen LogP contribution >= 0.6 is 0 Å². The molecule has 0 bridgehead atoms. The summed E-state index contributed by atoms with van der Waals surface area (Å²) in [5.41, 5.74) is 0. The minimum absolute atomic E-state index is 0.305. The van der Waals surface area contributed by atoms with Gasteiger partial charge in [0.15, 0.2) is 0 Å². The molecule has 0 N–H and O–H groups in total. The number of alkyl halides is 2. The topological polar surface area (TPSA) is 38.4 Å². The van der Waals surface area contributed by atoms with Crippen molar-refractivity contribution in [2.75, 3.05) is 26.6 Å². The third-order valence-corrected chi connectivity index (χ3v) is 0.662. The molecule has 0 spiro atoms. The highest BCUT2D eigenvalue weighted by Crippen LogP contribution is 1.86. The Kier molecular flexibility index (Phi) is 6.78. The second-order valence-corrected chi connectivity index (χ2v) is 1.41. The van der Waals surface area contributed by atoms with Crippen molar-refractivity contribution in [3.05, 3.63) is 0 Å². The van der Waals surface area contributed by atoms with Crippen molar-refractivity contribution in [3.63, 3.8) is 0 Å². The maximum Gasteiger partial charge on any atom is 0.667 e. The van der Waals surface area contributed by atoms with E-state index in [-0.39, 0.29) is 13.2 Å². The molecule has 0 aromatic heterocycles. The highest BCUT2D eigenvalue weighted by molar-refractivity contribution is 6.34. The molecular weight excluding hydrogens is 145 g/mol. The van der Waals surface area contributed by atoms with E-state index in [2.05, 4.69) is 9.31 Å². The van der Waals surface area contributed by atoms with Crippen molar-refractivity contribution in [1.82, 2.24) is 0 Å². The summed E-state index contributed by atoms with van der Waals surface area (Å²) in [6.07, 6.45) is 0. The molecule has 0 aliphatic heterocycles. The van der Waals surface area contributed by atoms with E-state index >= 15 is 0 Å². The van der Waals surface area contributed by atoms with Crippen LogP contribution in [0.4, 0.5) is 8.78 Å². The van der Waals surface area contributed by atoms with E-state index in [4.69, 9.17) is 0 Å². The maximum absolute atomic E-state index is 11.3. The normalized spacial score (nSPS) is 9.90. The summed E-state index contributed by atoms with van der Waals surface area (Å²) in [6.45, 7) is -2.09. The van der Waals surface area contributed by atoms with Crippen molar-refractivity contribution < 1.29 is 23.1 Å². The van der Waals surface area contributed by atoms with Crippen LogP contribution in [-0.2, 0) is 14.3 Å². The Balaban J connectivity index is 3.00. The second-order valence-electron chi connectivity index (χ2n) is 1.41. The lowest BCUT2D eigenvalue weighted by Gasteiger charge is -2.02. The first kappa shape index (κ1) is 9.80. The molecule has 0 unspecified atom stereocenters. The lowest BCUT2D eigenvalue weighted by molar-refractivity contribution is 0.0963. The van der Waals surface area contributed by atoms with Gasteiger partial charge in [-0.05, 0) is 0 Å². The van der Waals surface area contributed by atoms with Crippen LogP contribution in [-0.4, -0.2) is 33.9 Å². The molecule has 1 radical (unpaired) electrons. The van der Waals surface area contributed by atoms with Crippen LogP contribution < -0.4 is 0 Å². The Morgan fingerprint density at radius 3 is 1.80 bits per heavy atom. The minimum atomic E-state index is -1.76. The van der Waals surface area contributed by atoms with Gasteiger partial charge in [0.25, 0.3) is 0 Å². The summed E-state index contributed by atoms with van der Waals surface area (Å²) < 4.78 is 30.9. The van der Waals surface area contributed by atoms with Gasteiger partial charge in [0.1, 0.15) is 13.3 Å². The highest BCUT2D eigenvalue weighted by atomic mass is 19.1. The fourth-order valence-electron chi connectivity index (χ4n) is 0.330. The molecule has 0 atom stereocenters. The fourth-order valence-corrected chi connectivity index (χ4v) is 0.330. The summed E-state index contributed by atoms with van der Waals surface area (Å²) in [5, 5.41) is 10.3. The van der Waals surface area contributed by atoms with Crippen LogP contribution in [0.3, 0.4) is 0 Å². The van der Waals surface area contributed by atoms with Crippen LogP contribution in [0.5, 0.6) is 0 Å². The standard InChI is InChI=1S/C4H8BF2O3/c6-1-3-9-5(8)10-4-2-7/h1-4H2. The maximum atomic E-state index is 11.3. The summed E-state index contributed by atoms with van der Waals surface area (Å²) in [7, 11) is -1.76. The predicted octanol–water partition coefficient (Wildman–Crippen LogP) is 0.374. The SMILES string of the molecule is [O]B(OCCF)OCCF. The van der Waals surface area contributed by atoms with E-state index < -0.39 is 20.7 Å². The summed E-state index contributed by atoms with van der Waals surface area (Å²) in [4.78, 5) is 0. The first-order chi connectivity index (χ1) is 4.81. The van der Waals surface area contributed by atoms with Gasteiger partial charge in [0.05, 0.1) is 13.2 Å². The zero-order chi connectivity index (χ0) is 7.82. The third kappa shape index (κ3) is 5.93. The predicted molar refractivity (Wildman–Crippen MR) is 30.3 cm³/mol. The number of halogens is 2. The molecule has 0 aliphatic rings. The Bertz CT molecular complexity index is 67.5. The van der Waals surface area contributed by atoms with Crippen molar-refractivity contribution >= 4 is 7.32 Å². The van der Waals surface area contributed by atoms with Gasteiger partial charge in [-0.2, -0.15) is 0 Å². The smallest absolute Gasteiger partial charge is 0.382 e. The molecule has 0 aromatic rings. The number of hydrogen-bond donors (Lipinski definition) is 0. The van der Waals surface area contributed by atoms with E-state index in [1.807, 2.05) is 0 Å². The zero-order valence-corrected chi connectivity index (χ0v) is 5.39. The van der Waals surface area contributed by atoms with E-state index in [9.17, 15) is 13.8 Å². The lowest BCUT2D eigenvalue weighted by Crippen LogP contribution is -2.23. The second kappa shape index (κ2) is 6.92. The number of rotatable bonds is 6. The van der Waals surface area contributed by atoms with Gasteiger partial charge in [0, 0.05) is 0 Å². The lowest BCUT2D eigenvalue weighted by atomic mass is 10.2. The molecule has 0 heterocycles. The van der Waals surface area contributed by atoms with Crippen molar-refractivity contribution in [2.45, 2.75) is 0 Å². The van der Waals surface area contributed by atoms with Crippen LogP contribution in [0.15, 0.2) is 0 Å². The highest BCUT2D eigenvalue weighted by Gasteiger charge is 2.16. The van der Waals surface area contributed by atoms with Crippen LogP contribution in [0.2, 0.25) is 0 Å². The monoisotopic (exact) mass is 153 g/mol. The molecular formula is C4H8BF2O3. The molecule has 0 aromatic carbocycles. The molecule has 0 aliphatic carbocycles. The third-order valence-electron chi connectivity index (χ3n) is 0.662. The van der Waals surface area contributed by atoms with E-state index in [0.29, 0.717) is 0 Å². The van der Waals surface area contributed by atoms with Crippen LogP contribution in [0.25, 0.3) is 0 Å². The molecule has 0 saturated carbocycles. The first-order valence-electron chi connectivity index (χ1n) is 2.82. The number of hydrogen-bond acceptors (Lipinski definition) is 2.